The van der Waals surface area contributed by atoms with Gasteiger partial charge in [0, 0.05) is 40.8 Å². The van der Waals surface area contributed by atoms with Crippen LogP contribution in [-0.2, 0) is 15.6 Å². The van der Waals surface area contributed by atoms with Gasteiger partial charge in [-0.3, -0.25) is 9.00 Å². The van der Waals surface area contributed by atoms with Crippen molar-refractivity contribution < 1.29 is 9.00 Å². The Hall–Kier alpha value is -0.420. The summed E-state index contributed by atoms with van der Waals surface area (Å²) >= 11 is 0. The molecular weight excluding hydrogens is 212 g/mol. The van der Waals surface area contributed by atoms with Crippen molar-refractivity contribution in [2.75, 3.05) is 11.5 Å². The molecule has 0 aliphatic heterocycles. The molecule has 0 fully saturated rings. The van der Waals surface area contributed by atoms with Gasteiger partial charge in [0.25, 0.3) is 0 Å². The molecule has 3 N–H and O–H groups in total. The van der Waals surface area contributed by atoms with Crippen molar-refractivity contribution in [1.82, 2.24) is 5.32 Å². The standard InChI is InChI=1S/C10H22N2O2S/c1-4-9(11)7-15(14)6-5-10(13)12-8(2)3/h8-9H,4-7,11H2,1-3H3,(H,12,13). The first-order valence-corrected chi connectivity index (χ1v) is 6.84. The minimum Gasteiger partial charge on any atom is -0.354 e. The number of nitrogens with one attached hydrogen (secondary N) is 1. The fourth-order valence-electron chi connectivity index (χ4n) is 1.04. The molecule has 0 radical (unpaired) electrons. The van der Waals surface area contributed by atoms with Crippen LogP contribution in [0, 0.1) is 0 Å². The zero-order valence-electron chi connectivity index (χ0n) is 9.79. The SMILES string of the molecule is CCC(N)CS(=O)CCC(=O)NC(C)C. The molecule has 0 bridgehead atoms. The summed E-state index contributed by atoms with van der Waals surface area (Å²) in [6, 6.07) is 0.128. The van der Waals surface area contributed by atoms with E-state index in [0.29, 0.717) is 17.9 Å². The largest absolute Gasteiger partial charge is 0.354 e. The minimum absolute atomic E-state index is 0.0148. The molecule has 2 unspecified atom stereocenters. The van der Waals surface area contributed by atoms with Crippen molar-refractivity contribution in [3.05, 3.63) is 0 Å². The van der Waals surface area contributed by atoms with Crippen molar-refractivity contribution in [2.45, 2.75) is 45.7 Å². The number of hydrogen-bond donors (Lipinski definition) is 2. The third-order valence-electron chi connectivity index (χ3n) is 1.93. The Morgan fingerprint density at radius 3 is 2.53 bits per heavy atom. The molecular formula is C10H22N2O2S. The topological polar surface area (TPSA) is 72.2 Å². The summed E-state index contributed by atoms with van der Waals surface area (Å²) < 4.78 is 11.5. The Morgan fingerprint density at radius 1 is 1.47 bits per heavy atom. The molecule has 0 spiro atoms. The number of hydrogen-bond acceptors (Lipinski definition) is 3. The van der Waals surface area contributed by atoms with E-state index in [0.717, 1.165) is 6.42 Å². The highest BCUT2D eigenvalue weighted by Crippen LogP contribution is 1.94. The molecule has 15 heavy (non-hydrogen) atoms. The molecule has 0 saturated heterocycles. The molecule has 0 heterocycles. The summed E-state index contributed by atoms with van der Waals surface area (Å²) in [5.41, 5.74) is 5.67. The number of carbonyl (C=O) groups is 1. The Kier molecular flexibility index (Phi) is 7.60. The highest BCUT2D eigenvalue weighted by molar-refractivity contribution is 7.85. The van der Waals surface area contributed by atoms with Gasteiger partial charge in [-0.2, -0.15) is 0 Å². The molecule has 0 rings (SSSR count). The number of rotatable bonds is 7. The lowest BCUT2D eigenvalue weighted by Gasteiger charge is -2.09. The molecule has 2 atom stereocenters. The van der Waals surface area contributed by atoms with Crippen molar-refractivity contribution in [3.8, 4) is 0 Å². The normalized spacial score (nSPS) is 15.0. The molecule has 0 aliphatic carbocycles. The maximum Gasteiger partial charge on any atom is 0.221 e. The first kappa shape index (κ1) is 14.6. The number of nitrogens with two attached hydrogens (primary N) is 1. The van der Waals surface area contributed by atoms with E-state index in [1.54, 1.807) is 0 Å². The lowest BCUT2D eigenvalue weighted by Crippen LogP contribution is -2.32. The summed E-state index contributed by atoms with van der Waals surface area (Å²) in [5, 5.41) is 2.76. The van der Waals surface area contributed by atoms with Crippen LogP contribution >= 0.6 is 0 Å². The fraction of sp³-hybridized carbons (Fsp3) is 0.900. The molecule has 0 aromatic rings. The van der Waals surface area contributed by atoms with E-state index < -0.39 is 10.8 Å². The van der Waals surface area contributed by atoms with Crippen molar-refractivity contribution in [2.24, 2.45) is 5.73 Å². The van der Waals surface area contributed by atoms with Gasteiger partial charge in [0.1, 0.15) is 0 Å². The van der Waals surface area contributed by atoms with Gasteiger partial charge in [-0.1, -0.05) is 6.92 Å². The Labute approximate surface area is 94.4 Å². The van der Waals surface area contributed by atoms with Crippen LogP contribution in [0.5, 0.6) is 0 Å². The van der Waals surface area contributed by atoms with Crippen LogP contribution in [0.4, 0.5) is 0 Å². The molecule has 0 aromatic heterocycles. The first-order chi connectivity index (χ1) is 6.95. The second kappa shape index (κ2) is 7.82. The Morgan fingerprint density at radius 2 is 2.07 bits per heavy atom. The lowest BCUT2D eigenvalue weighted by atomic mass is 10.3. The molecule has 90 valence electrons. The van der Waals surface area contributed by atoms with Crippen LogP contribution in [0.2, 0.25) is 0 Å². The van der Waals surface area contributed by atoms with E-state index in [2.05, 4.69) is 5.32 Å². The van der Waals surface area contributed by atoms with Gasteiger partial charge in [0.15, 0.2) is 0 Å². The van der Waals surface area contributed by atoms with E-state index in [1.165, 1.54) is 0 Å². The number of amides is 1. The molecule has 0 aliphatic rings. The van der Waals surface area contributed by atoms with Crippen LogP contribution in [-0.4, -0.2) is 33.7 Å². The monoisotopic (exact) mass is 234 g/mol. The molecule has 1 amide bonds. The molecule has 0 saturated carbocycles. The summed E-state index contributed by atoms with van der Waals surface area (Å²) in [6.07, 6.45) is 1.14. The maximum absolute atomic E-state index is 11.5. The third kappa shape index (κ3) is 8.57. The number of carbonyl (C=O) groups excluding carboxylic acids is 1. The van der Waals surface area contributed by atoms with Gasteiger partial charge in [0.2, 0.25) is 5.91 Å². The molecule has 5 heteroatoms. The summed E-state index contributed by atoms with van der Waals surface area (Å²) in [5.74, 6) is 0.862. The highest BCUT2D eigenvalue weighted by atomic mass is 32.2. The van der Waals surface area contributed by atoms with Gasteiger partial charge in [-0.05, 0) is 20.3 Å². The third-order valence-corrected chi connectivity index (χ3v) is 3.39. The average Bonchev–Trinajstić information content (AvgIpc) is 2.13. The summed E-state index contributed by atoms with van der Waals surface area (Å²) in [6.45, 7) is 5.77. The van der Waals surface area contributed by atoms with Crippen LogP contribution in [0.25, 0.3) is 0 Å². The van der Waals surface area contributed by atoms with Crippen LogP contribution in [0.1, 0.15) is 33.6 Å². The van der Waals surface area contributed by atoms with Crippen molar-refractivity contribution in [1.29, 1.82) is 0 Å². The van der Waals surface area contributed by atoms with Crippen LogP contribution < -0.4 is 11.1 Å². The zero-order valence-corrected chi connectivity index (χ0v) is 10.6. The minimum atomic E-state index is -0.971. The predicted octanol–water partition coefficient (Wildman–Crippen LogP) is 0.387. The van der Waals surface area contributed by atoms with E-state index in [-0.39, 0.29) is 18.0 Å². The van der Waals surface area contributed by atoms with Gasteiger partial charge in [-0.25, -0.2) is 0 Å². The van der Waals surface area contributed by atoms with Crippen LogP contribution in [0.3, 0.4) is 0 Å². The quantitative estimate of drug-likeness (QED) is 0.669. The second-order valence-corrected chi connectivity index (χ2v) is 5.57. The first-order valence-electron chi connectivity index (χ1n) is 5.35. The van der Waals surface area contributed by atoms with E-state index in [9.17, 15) is 9.00 Å². The second-order valence-electron chi connectivity index (χ2n) is 3.95. The lowest BCUT2D eigenvalue weighted by molar-refractivity contribution is -0.121. The molecule has 4 nitrogen and oxygen atoms in total. The van der Waals surface area contributed by atoms with Gasteiger partial charge >= 0.3 is 0 Å². The van der Waals surface area contributed by atoms with E-state index in [4.69, 9.17) is 5.73 Å². The summed E-state index contributed by atoms with van der Waals surface area (Å²) in [7, 11) is -0.971. The molecule has 0 aromatic carbocycles. The predicted molar refractivity (Wildman–Crippen MR) is 64.0 cm³/mol. The van der Waals surface area contributed by atoms with Gasteiger partial charge in [-0.15, -0.1) is 0 Å². The van der Waals surface area contributed by atoms with Gasteiger partial charge < -0.3 is 11.1 Å². The smallest absolute Gasteiger partial charge is 0.221 e. The summed E-state index contributed by atoms with van der Waals surface area (Å²) in [4.78, 5) is 11.2. The van der Waals surface area contributed by atoms with Crippen LogP contribution in [0.15, 0.2) is 0 Å². The fourth-order valence-corrected chi connectivity index (χ4v) is 2.33. The van der Waals surface area contributed by atoms with E-state index in [1.807, 2.05) is 20.8 Å². The average molecular weight is 234 g/mol. The zero-order chi connectivity index (χ0) is 11.8. The van der Waals surface area contributed by atoms with Crippen molar-refractivity contribution >= 4 is 16.7 Å². The van der Waals surface area contributed by atoms with Crippen molar-refractivity contribution in [3.63, 3.8) is 0 Å². The Balaban J connectivity index is 3.66. The van der Waals surface area contributed by atoms with E-state index >= 15 is 0 Å². The maximum atomic E-state index is 11.5. The highest BCUT2D eigenvalue weighted by Gasteiger charge is 2.09. The van der Waals surface area contributed by atoms with Gasteiger partial charge in [0.05, 0.1) is 0 Å². The Bertz CT molecular complexity index is 219.